The Kier molecular flexibility index (Phi) is 7.21. The summed E-state index contributed by atoms with van der Waals surface area (Å²) in [5.41, 5.74) is 5.97. The zero-order valence-corrected chi connectivity index (χ0v) is 14.3. The number of hydrogen-bond donors (Lipinski definition) is 3. The SMILES string of the molecule is C=CCNS(=O)(=O)c1cccc(C(=O)NC(CN)C2CC2)c1.Cl. The Morgan fingerprint density at radius 2 is 2.13 bits per heavy atom. The highest BCUT2D eigenvalue weighted by Gasteiger charge is 2.31. The molecule has 128 valence electrons. The molecule has 0 saturated heterocycles. The lowest BCUT2D eigenvalue weighted by Gasteiger charge is -2.16. The summed E-state index contributed by atoms with van der Waals surface area (Å²) < 4.78 is 26.5. The minimum atomic E-state index is -3.64. The molecule has 23 heavy (non-hydrogen) atoms. The van der Waals surface area contributed by atoms with Crippen LogP contribution in [0, 0.1) is 5.92 Å². The third-order valence-corrected chi connectivity index (χ3v) is 5.01. The van der Waals surface area contributed by atoms with Crippen molar-refractivity contribution in [2.45, 2.75) is 23.8 Å². The van der Waals surface area contributed by atoms with E-state index in [0.717, 1.165) is 12.8 Å². The van der Waals surface area contributed by atoms with Gasteiger partial charge in [0.25, 0.3) is 5.91 Å². The monoisotopic (exact) mass is 359 g/mol. The predicted octanol–water partition coefficient (Wildman–Crippen LogP) is 1.04. The average molecular weight is 360 g/mol. The van der Waals surface area contributed by atoms with Gasteiger partial charge in [0.2, 0.25) is 10.0 Å². The third-order valence-electron chi connectivity index (χ3n) is 3.59. The molecular weight excluding hydrogens is 338 g/mol. The molecule has 1 aromatic carbocycles. The first-order chi connectivity index (χ1) is 10.5. The molecule has 1 aliphatic rings. The maximum Gasteiger partial charge on any atom is 0.251 e. The van der Waals surface area contributed by atoms with E-state index in [2.05, 4.69) is 16.6 Å². The largest absolute Gasteiger partial charge is 0.348 e. The number of rotatable bonds is 8. The lowest BCUT2D eigenvalue weighted by atomic mass is 10.1. The highest BCUT2D eigenvalue weighted by Crippen LogP contribution is 2.32. The fraction of sp³-hybridized carbons (Fsp3) is 0.400. The highest BCUT2D eigenvalue weighted by atomic mass is 35.5. The maximum atomic E-state index is 12.2. The minimum absolute atomic E-state index is 0. The smallest absolute Gasteiger partial charge is 0.251 e. The second kappa shape index (κ2) is 8.44. The number of benzene rings is 1. The zero-order valence-electron chi connectivity index (χ0n) is 12.7. The topological polar surface area (TPSA) is 101 Å². The summed E-state index contributed by atoms with van der Waals surface area (Å²) in [6.45, 7) is 3.98. The highest BCUT2D eigenvalue weighted by molar-refractivity contribution is 7.89. The molecule has 1 aromatic rings. The van der Waals surface area contributed by atoms with Gasteiger partial charge in [-0.2, -0.15) is 0 Å². The summed E-state index contributed by atoms with van der Waals surface area (Å²) in [6, 6.07) is 5.89. The normalized spacial score (nSPS) is 15.3. The van der Waals surface area contributed by atoms with Crippen LogP contribution in [-0.2, 0) is 10.0 Å². The number of hydrogen-bond acceptors (Lipinski definition) is 4. The number of carbonyl (C=O) groups is 1. The lowest BCUT2D eigenvalue weighted by molar-refractivity contribution is 0.0933. The third kappa shape index (κ3) is 5.31. The van der Waals surface area contributed by atoms with Crippen molar-refractivity contribution in [3.8, 4) is 0 Å². The Hall–Kier alpha value is -1.41. The summed E-state index contributed by atoms with van der Waals surface area (Å²) >= 11 is 0. The van der Waals surface area contributed by atoms with Gasteiger partial charge in [-0.3, -0.25) is 4.79 Å². The molecule has 0 bridgehead atoms. The first kappa shape index (κ1) is 19.6. The van der Waals surface area contributed by atoms with Crippen molar-refractivity contribution in [3.05, 3.63) is 42.5 Å². The van der Waals surface area contributed by atoms with Crippen LogP contribution in [0.3, 0.4) is 0 Å². The average Bonchev–Trinajstić information content (AvgIpc) is 3.35. The zero-order chi connectivity index (χ0) is 16.2. The molecule has 0 radical (unpaired) electrons. The Balaban J connectivity index is 0.00000264. The first-order valence-corrected chi connectivity index (χ1v) is 8.68. The molecule has 4 N–H and O–H groups in total. The molecule has 1 fully saturated rings. The Bertz CT molecular complexity index is 660. The molecule has 0 aliphatic heterocycles. The van der Waals surface area contributed by atoms with Crippen molar-refractivity contribution in [2.24, 2.45) is 11.7 Å². The van der Waals surface area contributed by atoms with Crippen LogP contribution in [0.4, 0.5) is 0 Å². The van der Waals surface area contributed by atoms with E-state index in [1.165, 1.54) is 18.2 Å². The molecule has 0 spiro atoms. The van der Waals surface area contributed by atoms with E-state index in [9.17, 15) is 13.2 Å². The number of amides is 1. The van der Waals surface area contributed by atoms with Gasteiger partial charge in [-0.25, -0.2) is 13.1 Å². The van der Waals surface area contributed by atoms with Gasteiger partial charge >= 0.3 is 0 Å². The van der Waals surface area contributed by atoms with Crippen LogP contribution in [0.2, 0.25) is 0 Å². The standard InChI is InChI=1S/C15H21N3O3S.ClH/c1-2-8-17-22(20,21)13-5-3-4-12(9-13)15(19)18-14(10-16)11-6-7-11;/h2-5,9,11,14,17H,1,6-8,10,16H2,(H,18,19);1H. The molecule has 8 heteroatoms. The van der Waals surface area contributed by atoms with Crippen molar-refractivity contribution in [1.29, 1.82) is 0 Å². The second-order valence-corrected chi connectivity index (χ2v) is 7.09. The maximum absolute atomic E-state index is 12.2. The van der Waals surface area contributed by atoms with Crippen LogP contribution >= 0.6 is 12.4 Å². The molecule has 1 unspecified atom stereocenters. The van der Waals surface area contributed by atoms with E-state index < -0.39 is 10.0 Å². The van der Waals surface area contributed by atoms with E-state index >= 15 is 0 Å². The molecule has 2 rings (SSSR count). The van der Waals surface area contributed by atoms with Crippen molar-refractivity contribution >= 4 is 28.3 Å². The number of carbonyl (C=O) groups excluding carboxylic acids is 1. The lowest BCUT2D eigenvalue weighted by Crippen LogP contribution is -2.41. The molecular formula is C15H22ClN3O3S. The molecule has 1 atom stereocenters. The van der Waals surface area contributed by atoms with Crippen LogP contribution in [0.25, 0.3) is 0 Å². The molecule has 0 aromatic heterocycles. The van der Waals surface area contributed by atoms with E-state index in [4.69, 9.17) is 5.73 Å². The van der Waals surface area contributed by atoms with E-state index in [0.29, 0.717) is 18.0 Å². The van der Waals surface area contributed by atoms with Crippen molar-refractivity contribution in [2.75, 3.05) is 13.1 Å². The van der Waals surface area contributed by atoms with Crippen LogP contribution in [-0.4, -0.2) is 33.5 Å². The van der Waals surface area contributed by atoms with Crippen LogP contribution in [0.15, 0.2) is 41.8 Å². The summed E-state index contributed by atoms with van der Waals surface area (Å²) in [5, 5.41) is 2.87. The Morgan fingerprint density at radius 3 is 2.70 bits per heavy atom. The summed E-state index contributed by atoms with van der Waals surface area (Å²) in [6.07, 6.45) is 3.60. The predicted molar refractivity (Wildman–Crippen MR) is 92.1 cm³/mol. The summed E-state index contributed by atoms with van der Waals surface area (Å²) in [5.74, 6) is 0.137. The van der Waals surface area contributed by atoms with Gasteiger partial charge in [0.15, 0.2) is 0 Å². The number of sulfonamides is 1. The quantitative estimate of drug-likeness (QED) is 0.603. The second-order valence-electron chi connectivity index (χ2n) is 5.32. The van der Waals surface area contributed by atoms with Crippen molar-refractivity contribution in [3.63, 3.8) is 0 Å². The number of halogens is 1. The van der Waals surface area contributed by atoms with E-state index in [1.807, 2.05) is 0 Å². The number of nitrogens with two attached hydrogens (primary N) is 1. The van der Waals surface area contributed by atoms with Gasteiger partial charge in [-0.15, -0.1) is 19.0 Å². The molecule has 0 heterocycles. The number of nitrogens with one attached hydrogen (secondary N) is 2. The van der Waals surface area contributed by atoms with Gasteiger partial charge in [-0.05, 0) is 37.0 Å². The van der Waals surface area contributed by atoms with Gasteiger partial charge in [0, 0.05) is 24.7 Å². The minimum Gasteiger partial charge on any atom is -0.348 e. The van der Waals surface area contributed by atoms with E-state index in [1.54, 1.807) is 12.1 Å². The summed E-state index contributed by atoms with van der Waals surface area (Å²) in [7, 11) is -3.64. The molecule has 1 saturated carbocycles. The molecule has 6 nitrogen and oxygen atoms in total. The Morgan fingerprint density at radius 1 is 1.43 bits per heavy atom. The molecule has 1 aliphatic carbocycles. The van der Waals surface area contributed by atoms with E-state index in [-0.39, 0.29) is 35.8 Å². The fourth-order valence-corrected chi connectivity index (χ4v) is 3.22. The van der Waals surface area contributed by atoms with Crippen molar-refractivity contribution in [1.82, 2.24) is 10.0 Å². The van der Waals surface area contributed by atoms with Crippen molar-refractivity contribution < 1.29 is 13.2 Å². The van der Waals surface area contributed by atoms with Gasteiger partial charge in [0.05, 0.1) is 4.90 Å². The summed E-state index contributed by atoms with van der Waals surface area (Å²) in [4.78, 5) is 12.3. The fourth-order valence-electron chi connectivity index (χ4n) is 2.18. The van der Waals surface area contributed by atoms with Gasteiger partial charge in [0.1, 0.15) is 0 Å². The van der Waals surface area contributed by atoms with Gasteiger partial charge < -0.3 is 11.1 Å². The van der Waals surface area contributed by atoms with Crippen LogP contribution < -0.4 is 15.8 Å². The van der Waals surface area contributed by atoms with Crippen LogP contribution in [0.1, 0.15) is 23.2 Å². The first-order valence-electron chi connectivity index (χ1n) is 7.19. The van der Waals surface area contributed by atoms with Crippen LogP contribution in [0.5, 0.6) is 0 Å². The Labute approximate surface area is 143 Å². The van der Waals surface area contributed by atoms with Gasteiger partial charge in [-0.1, -0.05) is 12.1 Å². The molecule has 1 amide bonds.